The maximum atomic E-state index is 11.2. The maximum Gasteiger partial charge on any atom is 0.149 e. The van der Waals surface area contributed by atoms with E-state index in [4.69, 9.17) is 0 Å². The average Bonchev–Trinajstić information content (AvgIpc) is 3.04. The van der Waals surface area contributed by atoms with Crippen molar-refractivity contribution in [3.63, 3.8) is 0 Å². The summed E-state index contributed by atoms with van der Waals surface area (Å²) in [6.07, 6.45) is 10.2. The Labute approximate surface area is 117 Å². The third-order valence-electron chi connectivity index (χ3n) is 3.30. The molecule has 0 amide bonds. The molecule has 8 heteroatoms. The highest BCUT2D eigenvalue weighted by molar-refractivity contribution is 7.90. The molecule has 0 spiro atoms. The van der Waals surface area contributed by atoms with E-state index in [1.165, 1.54) is 6.26 Å². The van der Waals surface area contributed by atoms with E-state index >= 15 is 0 Å². The smallest absolute Gasteiger partial charge is 0.149 e. The van der Waals surface area contributed by atoms with Crippen LogP contribution in [0.25, 0.3) is 0 Å². The maximum absolute atomic E-state index is 11.2. The second kappa shape index (κ2) is 4.86. The van der Waals surface area contributed by atoms with Crippen LogP contribution in [0.2, 0.25) is 0 Å². The number of sulfone groups is 1. The number of rotatable bonds is 4. The van der Waals surface area contributed by atoms with Gasteiger partial charge in [0.05, 0.1) is 30.5 Å². The number of aromatic nitrogens is 2. The fourth-order valence-corrected chi connectivity index (χ4v) is 2.79. The molecule has 3 rings (SSSR count). The van der Waals surface area contributed by atoms with Crippen molar-refractivity contribution < 1.29 is 8.42 Å². The van der Waals surface area contributed by atoms with E-state index in [1.807, 2.05) is 18.5 Å². The molecule has 2 unspecified atom stereocenters. The quantitative estimate of drug-likeness (QED) is 0.855. The molecule has 106 valence electrons. The van der Waals surface area contributed by atoms with Crippen LogP contribution in [-0.2, 0) is 16.4 Å². The molecule has 0 saturated heterocycles. The summed E-state index contributed by atoms with van der Waals surface area (Å²) in [5, 5.41) is 7.28. The molecule has 0 bridgehead atoms. The third-order valence-corrected chi connectivity index (χ3v) is 4.22. The van der Waals surface area contributed by atoms with Crippen molar-refractivity contribution in [3.05, 3.63) is 30.2 Å². The van der Waals surface area contributed by atoms with Crippen molar-refractivity contribution in [3.8, 4) is 0 Å². The van der Waals surface area contributed by atoms with Crippen LogP contribution in [0.15, 0.2) is 34.7 Å². The first-order valence-corrected chi connectivity index (χ1v) is 8.31. The van der Waals surface area contributed by atoms with Crippen LogP contribution in [0.1, 0.15) is 11.6 Å². The van der Waals surface area contributed by atoms with Gasteiger partial charge in [-0.2, -0.15) is 5.10 Å². The molecule has 3 heterocycles. The van der Waals surface area contributed by atoms with Crippen molar-refractivity contribution >= 4 is 22.0 Å². The first-order chi connectivity index (χ1) is 9.53. The largest absolute Gasteiger partial charge is 0.350 e. The number of hydrogen-bond acceptors (Lipinski definition) is 6. The third kappa shape index (κ3) is 2.64. The van der Waals surface area contributed by atoms with Gasteiger partial charge in [-0.3, -0.25) is 9.67 Å². The van der Waals surface area contributed by atoms with Crippen molar-refractivity contribution in [1.82, 2.24) is 15.1 Å². The van der Waals surface area contributed by atoms with E-state index in [9.17, 15) is 8.42 Å². The zero-order chi connectivity index (χ0) is 14.2. The van der Waals surface area contributed by atoms with Crippen LogP contribution in [0.5, 0.6) is 0 Å². The molecule has 0 saturated carbocycles. The van der Waals surface area contributed by atoms with Gasteiger partial charge in [-0.05, 0) is 6.20 Å². The van der Waals surface area contributed by atoms with Gasteiger partial charge in [0.25, 0.3) is 0 Å². The summed E-state index contributed by atoms with van der Waals surface area (Å²) in [5.41, 5.74) is 0.959. The van der Waals surface area contributed by atoms with E-state index in [-0.39, 0.29) is 17.7 Å². The monoisotopic (exact) mass is 293 g/mol. The van der Waals surface area contributed by atoms with Crippen molar-refractivity contribution in [2.24, 2.45) is 15.9 Å². The molecule has 1 N–H and O–H groups in total. The Morgan fingerprint density at radius 3 is 3.10 bits per heavy atom. The Hall–Kier alpha value is -1.96. The Bertz CT molecular complexity index is 701. The van der Waals surface area contributed by atoms with E-state index in [0.29, 0.717) is 6.54 Å². The van der Waals surface area contributed by atoms with E-state index in [2.05, 4.69) is 20.4 Å². The number of aliphatic imine (C=N–C) groups is 2. The molecule has 0 radical (unpaired) electrons. The zero-order valence-corrected chi connectivity index (χ0v) is 11.8. The SMILES string of the molecule is CS(=O)(=O)CCn1cc(C2N=CN=C3NC=CC32)cn1. The lowest BCUT2D eigenvalue weighted by Gasteiger charge is -2.20. The summed E-state index contributed by atoms with van der Waals surface area (Å²) < 4.78 is 24.0. The van der Waals surface area contributed by atoms with Crippen LogP contribution in [0.4, 0.5) is 0 Å². The Morgan fingerprint density at radius 2 is 2.30 bits per heavy atom. The molecule has 0 fully saturated rings. The van der Waals surface area contributed by atoms with Gasteiger partial charge in [0.1, 0.15) is 22.0 Å². The summed E-state index contributed by atoms with van der Waals surface area (Å²) in [7, 11) is -2.98. The summed E-state index contributed by atoms with van der Waals surface area (Å²) in [6, 6.07) is -0.0549. The molecule has 2 aliphatic rings. The molecule has 1 aromatic heterocycles. The molecule has 20 heavy (non-hydrogen) atoms. The highest BCUT2D eigenvalue weighted by atomic mass is 32.2. The summed E-state index contributed by atoms with van der Waals surface area (Å²) >= 11 is 0. The summed E-state index contributed by atoms with van der Waals surface area (Å²) in [5.74, 6) is 1.07. The standard InChI is InChI=1S/C12H15N5O2S/c1-20(18,19)5-4-17-7-9(6-16-17)11-10-2-3-13-12(10)15-8-14-11/h2-3,6-8,10-11H,4-5H2,1H3,(H,13,14,15). The van der Waals surface area contributed by atoms with Gasteiger partial charge in [-0.1, -0.05) is 6.08 Å². The lowest BCUT2D eigenvalue weighted by Crippen LogP contribution is -2.26. The molecule has 0 aliphatic carbocycles. The van der Waals surface area contributed by atoms with Gasteiger partial charge in [0, 0.05) is 18.0 Å². The Kier molecular flexibility index (Phi) is 3.17. The van der Waals surface area contributed by atoms with Crippen LogP contribution < -0.4 is 5.32 Å². The van der Waals surface area contributed by atoms with Crippen molar-refractivity contribution in [2.45, 2.75) is 12.6 Å². The minimum atomic E-state index is -2.98. The van der Waals surface area contributed by atoms with Crippen molar-refractivity contribution in [1.29, 1.82) is 0 Å². The Morgan fingerprint density at radius 1 is 1.45 bits per heavy atom. The molecule has 1 aromatic rings. The second-order valence-electron chi connectivity index (χ2n) is 4.92. The number of hydrogen-bond donors (Lipinski definition) is 1. The lowest BCUT2D eigenvalue weighted by atomic mass is 9.95. The van der Waals surface area contributed by atoms with Crippen LogP contribution in [0, 0.1) is 5.92 Å². The van der Waals surface area contributed by atoms with E-state index < -0.39 is 9.84 Å². The predicted molar refractivity (Wildman–Crippen MR) is 76.4 cm³/mol. The Balaban J connectivity index is 1.75. The van der Waals surface area contributed by atoms with E-state index in [1.54, 1.807) is 17.2 Å². The van der Waals surface area contributed by atoms with Gasteiger partial charge in [-0.15, -0.1) is 0 Å². The average molecular weight is 293 g/mol. The molecular weight excluding hydrogens is 278 g/mol. The van der Waals surface area contributed by atoms with Gasteiger partial charge >= 0.3 is 0 Å². The number of nitrogens with one attached hydrogen (secondary N) is 1. The fourth-order valence-electron chi connectivity index (χ4n) is 2.27. The summed E-state index contributed by atoms with van der Waals surface area (Å²) in [4.78, 5) is 8.58. The lowest BCUT2D eigenvalue weighted by molar-refractivity contribution is 0.585. The number of fused-ring (bicyclic) bond motifs is 1. The van der Waals surface area contributed by atoms with Gasteiger partial charge in [0.2, 0.25) is 0 Å². The molecule has 2 aliphatic heterocycles. The van der Waals surface area contributed by atoms with E-state index in [0.717, 1.165) is 11.4 Å². The fraction of sp³-hybridized carbons (Fsp3) is 0.417. The topological polar surface area (TPSA) is 88.7 Å². The van der Waals surface area contributed by atoms with Gasteiger partial charge < -0.3 is 5.32 Å². The molecule has 7 nitrogen and oxygen atoms in total. The first-order valence-electron chi connectivity index (χ1n) is 6.25. The summed E-state index contributed by atoms with van der Waals surface area (Å²) in [6.45, 7) is 0.356. The zero-order valence-electron chi connectivity index (χ0n) is 11.0. The highest BCUT2D eigenvalue weighted by Crippen LogP contribution is 2.31. The molecule has 0 aromatic carbocycles. The number of nitrogens with zero attached hydrogens (tertiary/aromatic N) is 4. The predicted octanol–water partition coefficient (Wildman–Crippen LogP) is 0.142. The van der Waals surface area contributed by atoms with Gasteiger partial charge in [-0.25, -0.2) is 13.4 Å². The molecule has 2 atom stereocenters. The molecular formula is C12H15N5O2S. The van der Waals surface area contributed by atoms with Gasteiger partial charge in [0.15, 0.2) is 0 Å². The first kappa shape index (κ1) is 13.0. The highest BCUT2D eigenvalue weighted by Gasteiger charge is 2.30. The number of amidine groups is 1. The van der Waals surface area contributed by atoms with Crippen LogP contribution in [-0.4, -0.2) is 42.4 Å². The van der Waals surface area contributed by atoms with Crippen LogP contribution >= 0.6 is 0 Å². The second-order valence-corrected chi connectivity index (χ2v) is 7.18. The number of aryl methyl sites for hydroxylation is 1. The van der Waals surface area contributed by atoms with Crippen LogP contribution in [0.3, 0.4) is 0 Å². The minimum absolute atomic E-state index is 0.0549. The minimum Gasteiger partial charge on any atom is -0.350 e. The van der Waals surface area contributed by atoms with Crippen molar-refractivity contribution in [2.75, 3.05) is 12.0 Å². The normalized spacial score (nSPS) is 24.4.